The Labute approximate surface area is 97.9 Å². The molecule has 0 unspecified atom stereocenters. The predicted molar refractivity (Wildman–Crippen MR) is 64.3 cm³/mol. The first-order valence-electron chi connectivity index (χ1n) is 5.89. The molecule has 1 fully saturated rings. The molecule has 1 aliphatic rings. The van der Waals surface area contributed by atoms with E-state index >= 15 is 0 Å². The summed E-state index contributed by atoms with van der Waals surface area (Å²) in [5, 5.41) is 0. The van der Waals surface area contributed by atoms with Gasteiger partial charge in [0.1, 0.15) is 0 Å². The fourth-order valence-electron chi connectivity index (χ4n) is 1.67. The van der Waals surface area contributed by atoms with E-state index in [9.17, 15) is 4.79 Å². The van der Waals surface area contributed by atoms with Crippen molar-refractivity contribution in [3.63, 3.8) is 0 Å². The number of likely N-dealkylation sites (N-methyl/N-ethyl adjacent to an activating group) is 1. The second-order valence-corrected chi connectivity index (χ2v) is 4.02. The van der Waals surface area contributed by atoms with Crippen molar-refractivity contribution in [2.45, 2.75) is 13.8 Å². The molecule has 1 saturated heterocycles. The third kappa shape index (κ3) is 3.61. The van der Waals surface area contributed by atoms with Crippen molar-refractivity contribution < 1.29 is 9.53 Å². The Kier molecular flexibility index (Phi) is 5.49. The molecule has 1 aliphatic heterocycles. The minimum Gasteiger partial charge on any atom is -0.379 e. The summed E-state index contributed by atoms with van der Waals surface area (Å²) in [6, 6.07) is 0. The Morgan fingerprint density at radius 1 is 1.44 bits per heavy atom. The van der Waals surface area contributed by atoms with Gasteiger partial charge in [-0.3, -0.25) is 9.69 Å². The fourth-order valence-corrected chi connectivity index (χ4v) is 1.67. The van der Waals surface area contributed by atoms with Crippen molar-refractivity contribution in [1.82, 2.24) is 9.80 Å². The van der Waals surface area contributed by atoms with Gasteiger partial charge < -0.3 is 9.64 Å². The highest BCUT2D eigenvalue weighted by atomic mass is 16.5. The zero-order valence-electron chi connectivity index (χ0n) is 10.5. The van der Waals surface area contributed by atoms with Gasteiger partial charge in [0.15, 0.2) is 0 Å². The standard InChI is InChI=1S/C12H22N2O2/c1-4-11(12(15)13(3)5-2)10-14-6-8-16-9-7-14/h4H,5-10H2,1-3H3/b11-4+. The van der Waals surface area contributed by atoms with Crippen LogP contribution in [0.3, 0.4) is 0 Å². The molecule has 1 amide bonds. The summed E-state index contributed by atoms with van der Waals surface area (Å²) in [4.78, 5) is 16.0. The molecule has 0 radical (unpaired) electrons. The Morgan fingerprint density at radius 3 is 2.56 bits per heavy atom. The van der Waals surface area contributed by atoms with E-state index in [-0.39, 0.29) is 5.91 Å². The largest absolute Gasteiger partial charge is 0.379 e. The van der Waals surface area contributed by atoms with Gasteiger partial charge in [-0.05, 0) is 13.8 Å². The van der Waals surface area contributed by atoms with Crippen LogP contribution in [0.25, 0.3) is 0 Å². The van der Waals surface area contributed by atoms with Crippen LogP contribution in [0.2, 0.25) is 0 Å². The Balaban J connectivity index is 2.51. The van der Waals surface area contributed by atoms with Crippen LogP contribution in [-0.2, 0) is 9.53 Å². The molecule has 0 aliphatic carbocycles. The summed E-state index contributed by atoms with van der Waals surface area (Å²) in [6.07, 6.45) is 1.92. The average Bonchev–Trinajstić information content (AvgIpc) is 2.35. The van der Waals surface area contributed by atoms with Crippen molar-refractivity contribution in [1.29, 1.82) is 0 Å². The lowest BCUT2D eigenvalue weighted by Gasteiger charge is -2.28. The van der Waals surface area contributed by atoms with Gasteiger partial charge in [0, 0.05) is 38.8 Å². The van der Waals surface area contributed by atoms with Crippen LogP contribution in [-0.4, -0.2) is 62.1 Å². The zero-order chi connectivity index (χ0) is 12.0. The van der Waals surface area contributed by atoms with Crippen LogP contribution in [0.15, 0.2) is 11.6 Å². The van der Waals surface area contributed by atoms with E-state index in [0.717, 1.165) is 45.0 Å². The van der Waals surface area contributed by atoms with Gasteiger partial charge in [-0.25, -0.2) is 0 Å². The van der Waals surface area contributed by atoms with Gasteiger partial charge in [-0.15, -0.1) is 0 Å². The van der Waals surface area contributed by atoms with Crippen molar-refractivity contribution in [2.75, 3.05) is 46.4 Å². The van der Waals surface area contributed by atoms with Crippen LogP contribution in [0.1, 0.15) is 13.8 Å². The third-order valence-electron chi connectivity index (χ3n) is 2.94. The molecule has 1 heterocycles. The van der Waals surface area contributed by atoms with E-state index in [1.807, 2.05) is 27.0 Å². The molecular formula is C12H22N2O2. The molecule has 0 aromatic carbocycles. The second kappa shape index (κ2) is 6.66. The molecule has 0 atom stereocenters. The van der Waals surface area contributed by atoms with Gasteiger partial charge in [0.2, 0.25) is 5.91 Å². The van der Waals surface area contributed by atoms with Gasteiger partial charge in [-0.1, -0.05) is 6.08 Å². The van der Waals surface area contributed by atoms with E-state index in [1.165, 1.54) is 0 Å². The lowest BCUT2D eigenvalue weighted by atomic mass is 10.2. The number of allylic oxidation sites excluding steroid dienone is 1. The molecule has 0 aromatic rings. The third-order valence-corrected chi connectivity index (χ3v) is 2.94. The Hall–Kier alpha value is -0.870. The van der Waals surface area contributed by atoms with E-state index in [0.29, 0.717) is 0 Å². The number of amides is 1. The average molecular weight is 226 g/mol. The maximum absolute atomic E-state index is 12.0. The molecule has 0 N–H and O–H groups in total. The first kappa shape index (κ1) is 13.2. The Bertz CT molecular complexity index is 258. The highest BCUT2D eigenvalue weighted by molar-refractivity contribution is 5.93. The highest BCUT2D eigenvalue weighted by Gasteiger charge is 2.17. The topological polar surface area (TPSA) is 32.8 Å². The number of rotatable bonds is 4. The van der Waals surface area contributed by atoms with Crippen LogP contribution >= 0.6 is 0 Å². The molecule has 0 saturated carbocycles. The predicted octanol–water partition coefficient (Wildman–Crippen LogP) is 0.743. The molecule has 1 rings (SSSR count). The number of nitrogens with zero attached hydrogens (tertiary/aromatic N) is 2. The second-order valence-electron chi connectivity index (χ2n) is 4.02. The normalized spacial score (nSPS) is 18.6. The number of hydrogen-bond acceptors (Lipinski definition) is 3. The highest BCUT2D eigenvalue weighted by Crippen LogP contribution is 2.06. The number of ether oxygens (including phenoxy) is 1. The summed E-state index contributed by atoms with van der Waals surface area (Å²) in [6.45, 7) is 8.78. The van der Waals surface area contributed by atoms with Crippen molar-refractivity contribution in [3.05, 3.63) is 11.6 Å². The van der Waals surface area contributed by atoms with E-state index < -0.39 is 0 Å². The quantitative estimate of drug-likeness (QED) is 0.663. The zero-order valence-corrected chi connectivity index (χ0v) is 10.5. The monoisotopic (exact) mass is 226 g/mol. The molecule has 4 nitrogen and oxygen atoms in total. The summed E-state index contributed by atoms with van der Waals surface area (Å²) >= 11 is 0. The number of hydrogen-bond donors (Lipinski definition) is 0. The molecule has 92 valence electrons. The van der Waals surface area contributed by atoms with Gasteiger partial charge >= 0.3 is 0 Å². The Morgan fingerprint density at radius 2 is 2.06 bits per heavy atom. The van der Waals surface area contributed by atoms with Crippen molar-refractivity contribution in [3.8, 4) is 0 Å². The minimum atomic E-state index is 0.136. The lowest BCUT2D eigenvalue weighted by Crippen LogP contribution is -2.40. The van der Waals surface area contributed by atoms with Crippen molar-refractivity contribution in [2.24, 2.45) is 0 Å². The molecular weight excluding hydrogens is 204 g/mol. The molecule has 4 heteroatoms. The smallest absolute Gasteiger partial charge is 0.250 e. The molecule has 0 spiro atoms. The van der Waals surface area contributed by atoms with Crippen LogP contribution in [0.4, 0.5) is 0 Å². The maximum Gasteiger partial charge on any atom is 0.250 e. The van der Waals surface area contributed by atoms with Crippen molar-refractivity contribution >= 4 is 5.91 Å². The number of carbonyl (C=O) groups is 1. The molecule has 0 bridgehead atoms. The fraction of sp³-hybridized carbons (Fsp3) is 0.750. The summed E-state index contributed by atoms with van der Waals surface area (Å²) in [7, 11) is 1.84. The molecule has 16 heavy (non-hydrogen) atoms. The van der Waals surface area contributed by atoms with E-state index in [4.69, 9.17) is 4.74 Å². The van der Waals surface area contributed by atoms with E-state index in [2.05, 4.69) is 4.90 Å². The summed E-state index contributed by atoms with van der Waals surface area (Å²) in [5.41, 5.74) is 0.881. The lowest BCUT2D eigenvalue weighted by molar-refractivity contribution is -0.126. The van der Waals surface area contributed by atoms with Gasteiger partial charge in [-0.2, -0.15) is 0 Å². The number of morpholine rings is 1. The van der Waals surface area contributed by atoms with Gasteiger partial charge in [0.05, 0.1) is 13.2 Å². The first-order chi connectivity index (χ1) is 7.69. The van der Waals surface area contributed by atoms with Crippen LogP contribution < -0.4 is 0 Å². The van der Waals surface area contributed by atoms with Gasteiger partial charge in [0.25, 0.3) is 0 Å². The summed E-state index contributed by atoms with van der Waals surface area (Å²) in [5.74, 6) is 0.136. The van der Waals surface area contributed by atoms with E-state index in [1.54, 1.807) is 4.90 Å². The minimum absolute atomic E-state index is 0.136. The number of carbonyl (C=O) groups excluding carboxylic acids is 1. The molecule has 0 aromatic heterocycles. The maximum atomic E-state index is 12.0. The van der Waals surface area contributed by atoms with Crippen LogP contribution in [0, 0.1) is 0 Å². The van der Waals surface area contributed by atoms with Crippen LogP contribution in [0.5, 0.6) is 0 Å². The summed E-state index contributed by atoms with van der Waals surface area (Å²) < 4.78 is 5.29. The first-order valence-corrected chi connectivity index (χ1v) is 5.89. The SMILES string of the molecule is C/C=C(\CN1CCOCC1)C(=O)N(C)CC.